The van der Waals surface area contributed by atoms with Crippen molar-refractivity contribution < 1.29 is 9.53 Å². The molecular weight excluding hydrogens is 364 g/mol. The molecule has 1 aromatic heterocycles. The summed E-state index contributed by atoms with van der Waals surface area (Å²) in [5, 5.41) is 0. The summed E-state index contributed by atoms with van der Waals surface area (Å²) in [6.45, 7) is 2.14. The molecule has 1 saturated heterocycles. The first-order chi connectivity index (χ1) is 14.1. The van der Waals surface area contributed by atoms with Gasteiger partial charge in [0.25, 0.3) is 0 Å². The lowest BCUT2D eigenvalue weighted by Gasteiger charge is -2.44. The molecule has 5 rings (SSSR count). The van der Waals surface area contributed by atoms with Crippen LogP contribution in [0.3, 0.4) is 0 Å². The second-order valence-electron chi connectivity index (χ2n) is 8.65. The molecule has 0 bridgehead atoms. The van der Waals surface area contributed by atoms with Crippen LogP contribution in [0.15, 0.2) is 30.5 Å². The highest BCUT2D eigenvalue weighted by molar-refractivity contribution is 5.85. The Morgan fingerprint density at radius 3 is 2.76 bits per heavy atom. The van der Waals surface area contributed by atoms with E-state index in [1.54, 1.807) is 0 Å². The summed E-state index contributed by atoms with van der Waals surface area (Å²) in [5.41, 5.74) is 4.38. The van der Waals surface area contributed by atoms with E-state index in [0.29, 0.717) is 6.61 Å². The minimum atomic E-state index is -0.383. The normalized spacial score (nSPS) is 22.3. The van der Waals surface area contributed by atoms with Gasteiger partial charge in [0.2, 0.25) is 11.9 Å². The predicted octanol–water partition coefficient (Wildman–Crippen LogP) is 2.66. The third-order valence-corrected chi connectivity index (χ3v) is 6.75. The van der Waals surface area contributed by atoms with Crippen LogP contribution in [-0.4, -0.2) is 54.6 Å². The smallest absolute Gasteiger partial charge is 0.230 e. The molecule has 3 aliphatic rings. The van der Waals surface area contributed by atoms with E-state index in [0.717, 1.165) is 56.8 Å². The molecule has 1 aromatic carbocycles. The van der Waals surface area contributed by atoms with E-state index in [1.807, 2.05) is 36.2 Å². The molecule has 152 valence electrons. The van der Waals surface area contributed by atoms with Gasteiger partial charge in [-0.15, -0.1) is 0 Å². The number of benzene rings is 1. The van der Waals surface area contributed by atoms with Crippen LogP contribution in [-0.2, 0) is 28.0 Å². The summed E-state index contributed by atoms with van der Waals surface area (Å²) in [6, 6.07) is 8.39. The Balaban J connectivity index is 1.35. The number of aryl methyl sites for hydroxylation is 1. The van der Waals surface area contributed by atoms with Crippen LogP contribution in [0, 0.1) is 0 Å². The first-order valence-electron chi connectivity index (χ1n) is 10.6. The van der Waals surface area contributed by atoms with Crippen LogP contribution in [0.1, 0.15) is 47.6 Å². The van der Waals surface area contributed by atoms with Gasteiger partial charge in [-0.2, -0.15) is 0 Å². The Kier molecular flexibility index (Phi) is 4.54. The summed E-state index contributed by atoms with van der Waals surface area (Å²) in [7, 11) is 3.91. The lowest BCUT2D eigenvalue weighted by molar-refractivity contribution is -0.142. The van der Waals surface area contributed by atoms with Crippen molar-refractivity contribution in [3.05, 3.63) is 52.8 Å². The van der Waals surface area contributed by atoms with Crippen molar-refractivity contribution in [2.75, 3.05) is 38.7 Å². The monoisotopic (exact) mass is 392 g/mol. The lowest BCUT2D eigenvalue weighted by atomic mass is 9.83. The highest BCUT2D eigenvalue weighted by Gasteiger charge is 2.44. The summed E-state index contributed by atoms with van der Waals surface area (Å²) < 4.78 is 6.33. The first kappa shape index (κ1) is 18.6. The van der Waals surface area contributed by atoms with E-state index in [9.17, 15) is 4.79 Å². The molecule has 29 heavy (non-hydrogen) atoms. The molecule has 3 heterocycles. The van der Waals surface area contributed by atoms with Gasteiger partial charge >= 0.3 is 0 Å². The third kappa shape index (κ3) is 3.10. The fraction of sp³-hybridized carbons (Fsp3) is 0.522. The summed E-state index contributed by atoms with van der Waals surface area (Å²) in [6.07, 6.45) is 6.33. The fourth-order valence-electron chi connectivity index (χ4n) is 5.12. The molecule has 1 amide bonds. The number of amides is 1. The number of piperidine rings is 1. The van der Waals surface area contributed by atoms with Crippen molar-refractivity contribution in [2.45, 2.75) is 43.6 Å². The zero-order valence-electron chi connectivity index (χ0n) is 17.2. The standard InChI is InChI=1S/C23H28N4O2/c1-26(2)22-24-15-17-9-14-29-23(20(17)25-22)10-12-27(13-11-23)21(28)19-8-7-16-5-3-4-6-18(16)19/h3-6,15,19H,7-14H2,1-2H3. The number of carbonyl (C=O) groups is 1. The van der Waals surface area contributed by atoms with Crippen LogP contribution < -0.4 is 4.90 Å². The second-order valence-corrected chi connectivity index (χ2v) is 8.65. The van der Waals surface area contributed by atoms with Gasteiger partial charge in [-0.3, -0.25) is 4.79 Å². The molecule has 2 aliphatic heterocycles. The van der Waals surface area contributed by atoms with Crippen LogP contribution in [0.25, 0.3) is 0 Å². The topological polar surface area (TPSA) is 58.6 Å². The van der Waals surface area contributed by atoms with Gasteiger partial charge in [0.05, 0.1) is 18.2 Å². The summed E-state index contributed by atoms with van der Waals surface area (Å²) in [4.78, 5) is 26.6. The number of anilines is 1. The minimum Gasteiger partial charge on any atom is -0.368 e. The quantitative estimate of drug-likeness (QED) is 0.786. The van der Waals surface area contributed by atoms with Crippen LogP contribution in [0.2, 0.25) is 0 Å². The molecule has 1 atom stereocenters. The van der Waals surface area contributed by atoms with Crippen molar-refractivity contribution in [3.8, 4) is 0 Å². The second kappa shape index (κ2) is 7.10. The number of ether oxygens (including phenoxy) is 1. The van der Waals surface area contributed by atoms with Crippen molar-refractivity contribution >= 4 is 11.9 Å². The number of hydrogen-bond acceptors (Lipinski definition) is 5. The fourth-order valence-corrected chi connectivity index (χ4v) is 5.12. The molecule has 6 heteroatoms. The number of rotatable bonds is 2. The van der Waals surface area contributed by atoms with Gasteiger partial charge in [-0.1, -0.05) is 24.3 Å². The van der Waals surface area contributed by atoms with Gasteiger partial charge < -0.3 is 14.5 Å². The molecule has 0 radical (unpaired) electrons. The highest BCUT2D eigenvalue weighted by atomic mass is 16.5. The van der Waals surface area contributed by atoms with E-state index in [2.05, 4.69) is 23.2 Å². The molecule has 1 fully saturated rings. The van der Waals surface area contributed by atoms with E-state index in [1.165, 1.54) is 16.7 Å². The molecular formula is C23H28N4O2. The number of likely N-dealkylation sites (tertiary alicyclic amines) is 1. The Hall–Kier alpha value is -2.47. The zero-order chi connectivity index (χ0) is 20.0. The van der Waals surface area contributed by atoms with Crippen LogP contribution in [0.5, 0.6) is 0 Å². The van der Waals surface area contributed by atoms with E-state index < -0.39 is 0 Å². The molecule has 1 aliphatic carbocycles. The highest BCUT2D eigenvalue weighted by Crippen LogP contribution is 2.42. The van der Waals surface area contributed by atoms with Gasteiger partial charge in [0, 0.05) is 33.4 Å². The maximum Gasteiger partial charge on any atom is 0.230 e. The van der Waals surface area contributed by atoms with Gasteiger partial charge in [-0.25, -0.2) is 9.97 Å². The largest absolute Gasteiger partial charge is 0.368 e. The predicted molar refractivity (Wildman–Crippen MR) is 111 cm³/mol. The zero-order valence-corrected chi connectivity index (χ0v) is 17.2. The van der Waals surface area contributed by atoms with Gasteiger partial charge in [-0.05, 0) is 48.8 Å². The number of aromatic nitrogens is 2. The Bertz CT molecular complexity index is 934. The minimum absolute atomic E-state index is 0.0162. The SMILES string of the molecule is CN(C)c1ncc2c(n1)C1(CCN(C(=O)C3CCc4ccccc43)CC1)OCC2. The number of nitrogens with zero attached hydrogens (tertiary/aromatic N) is 4. The number of fused-ring (bicyclic) bond motifs is 3. The van der Waals surface area contributed by atoms with Crippen molar-refractivity contribution in [1.29, 1.82) is 0 Å². The Morgan fingerprint density at radius 1 is 1.17 bits per heavy atom. The molecule has 6 nitrogen and oxygen atoms in total. The summed E-state index contributed by atoms with van der Waals surface area (Å²) in [5.74, 6) is 1.01. The van der Waals surface area contributed by atoms with Crippen LogP contribution >= 0.6 is 0 Å². The van der Waals surface area contributed by atoms with E-state index in [4.69, 9.17) is 9.72 Å². The lowest BCUT2D eigenvalue weighted by Crippen LogP contribution is -2.49. The van der Waals surface area contributed by atoms with Crippen LogP contribution in [0.4, 0.5) is 5.95 Å². The molecule has 0 N–H and O–H groups in total. The summed E-state index contributed by atoms with van der Waals surface area (Å²) >= 11 is 0. The van der Waals surface area contributed by atoms with E-state index >= 15 is 0 Å². The van der Waals surface area contributed by atoms with E-state index in [-0.39, 0.29) is 17.4 Å². The first-order valence-corrected chi connectivity index (χ1v) is 10.6. The number of hydrogen-bond donors (Lipinski definition) is 0. The average molecular weight is 393 g/mol. The molecule has 1 spiro atoms. The maximum atomic E-state index is 13.3. The average Bonchev–Trinajstić information content (AvgIpc) is 3.18. The van der Waals surface area contributed by atoms with Crippen molar-refractivity contribution in [1.82, 2.24) is 14.9 Å². The maximum absolute atomic E-state index is 13.3. The Labute approximate surface area is 171 Å². The third-order valence-electron chi connectivity index (χ3n) is 6.75. The van der Waals surface area contributed by atoms with Crippen molar-refractivity contribution in [2.24, 2.45) is 0 Å². The molecule has 2 aromatic rings. The number of carbonyl (C=O) groups excluding carboxylic acids is 1. The Morgan fingerprint density at radius 2 is 1.97 bits per heavy atom. The molecule has 1 unspecified atom stereocenters. The van der Waals surface area contributed by atoms with Gasteiger partial charge in [0.1, 0.15) is 5.60 Å². The van der Waals surface area contributed by atoms with Crippen molar-refractivity contribution in [3.63, 3.8) is 0 Å². The molecule has 0 saturated carbocycles. The van der Waals surface area contributed by atoms with Gasteiger partial charge in [0.15, 0.2) is 0 Å².